The van der Waals surface area contributed by atoms with E-state index in [0.717, 1.165) is 6.26 Å². The van der Waals surface area contributed by atoms with Gasteiger partial charge in [0.1, 0.15) is 0 Å². The van der Waals surface area contributed by atoms with Crippen molar-refractivity contribution in [1.82, 2.24) is 0 Å². The third kappa shape index (κ3) is 5.06. The van der Waals surface area contributed by atoms with E-state index in [-0.39, 0.29) is 16.6 Å². The maximum Gasteiger partial charge on any atom is 0.241 e. The lowest BCUT2D eigenvalue weighted by Gasteiger charge is -2.12. The van der Waals surface area contributed by atoms with Crippen molar-refractivity contribution in [3.8, 4) is 0 Å². The number of sulfonamides is 1. The molecule has 6 nitrogen and oxygen atoms in total. The monoisotopic (exact) mass is 305 g/mol. The zero-order valence-electron chi connectivity index (χ0n) is 10.6. The number of carbonyl (C=O) groups is 1. The van der Waals surface area contributed by atoms with Crippen molar-refractivity contribution >= 4 is 38.9 Å². The molecule has 0 aliphatic carbocycles. The molecule has 0 radical (unpaired) electrons. The van der Waals surface area contributed by atoms with Gasteiger partial charge in [-0.1, -0.05) is 18.5 Å². The minimum absolute atomic E-state index is 0.188. The molecule has 106 valence electrons. The second-order valence-electron chi connectivity index (χ2n) is 4.07. The molecule has 0 saturated heterocycles. The lowest BCUT2D eigenvalue weighted by molar-refractivity contribution is -0.117. The average Bonchev–Trinajstić information content (AvgIpc) is 2.30. The van der Waals surface area contributed by atoms with E-state index in [4.69, 9.17) is 17.3 Å². The summed E-state index contributed by atoms with van der Waals surface area (Å²) in [5, 5.41) is 2.79. The lowest BCUT2D eigenvalue weighted by Crippen LogP contribution is -2.34. The fourth-order valence-corrected chi connectivity index (χ4v) is 2.16. The first-order chi connectivity index (χ1) is 8.73. The number of nitrogens with one attached hydrogen (secondary N) is 2. The molecule has 0 unspecified atom stereocenters. The summed E-state index contributed by atoms with van der Waals surface area (Å²) >= 11 is 5.92. The van der Waals surface area contributed by atoms with Gasteiger partial charge in [0.25, 0.3) is 0 Å². The van der Waals surface area contributed by atoms with E-state index >= 15 is 0 Å². The smallest absolute Gasteiger partial charge is 0.241 e. The Hall–Kier alpha value is -1.31. The first-order valence-corrected chi connectivity index (χ1v) is 7.83. The molecule has 8 heteroatoms. The highest BCUT2D eigenvalue weighted by Crippen LogP contribution is 2.26. The molecule has 0 aromatic heterocycles. The van der Waals surface area contributed by atoms with Crippen LogP contribution >= 0.6 is 11.6 Å². The Morgan fingerprint density at radius 2 is 2.11 bits per heavy atom. The minimum atomic E-state index is -3.39. The number of nitrogens with two attached hydrogens (primary N) is 1. The fourth-order valence-electron chi connectivity index (χ4n) is 1.30. The molecular weight excluding hydrogens is 290 g/mol. The van der Waals surface area contributed by atoms with Gasteiger partial charge in [0.15, 0.2) is 0 Å². The summed E-state index contributed by atoms with van der Waals surface area (Å²) in [6.45, 7) is 1.80. The molecule has 1 aromatic rings. The Labute approximate surface area is 117 Å². The van der Waals surface area contributed by atoms with Crippen LogP contribution in [-0.2, 0) is 14.8 Å². The normalized spacial score (nSPS) is 12.8. The molecule has 0 saturated carbocycles. The summed E-state index contributed by atoms with van der Waals surface area (Å²) in [6, 6.07) is 3.87. The van der Waals surface area contributed by atoms with Crippen LogP contribution in [0.25, 0.3) is 0 Å². The Balaban J connectivity index is 2.86. The van der Waals surface area contributed by atoms with E-state index in [0.29, 0.717) is 12.1 Å². The molecule has 1 rings (SSSR count). The number of hydrogen-bond acceptors (Lipinski definition) is 4. The van der Waals surface area contributed by atoms with Gasteiger partial charge >= 0.3 is 0 Å². The van der Waals surface area contributed by atoms with Gasteiger partial charge in [-0.25, -0.2) is 8.42 Å². The highest BCUT2D eigenvalue weighted by molar-refractivity contribution is 7.92. The zero-order chi connectivity index (χ0) is 14.6. The van der Waals surface area contributed by atoms with Gasteiger partial charge in [-0.2, -0.15) is 0 Å². The van der Waals surface area contributed by atoms with Crippen LogP contribution in [-0.4, -0.2) is 26.6 Å². The summed E-state index contributed by atoms with van der Waals surface area (Å²) in [7, 11) is -3.39. The van der Waals surface area contributed by atoms with Crippen LogP contribution in [0.3, 0.4) is 0 Å². The largest absolute Gasteiger partial charge is 0.325 e. The van der Waals surface area contributed by atoms with Gasteiger partial charge in [-0.05, 0) is 24.6 Å². The predicted molar refractivity (Wildman–Crippen MR) is 76.8 cm³/mol. The summed E-state index contributed by atoms with van der Waals surface area (Å²) in [4.78, 5) is 11.6. The Morgan fingerprint density at radius 1 is 1.47 bits per heavy atom. The Morgan fingerprint density at radius 3 is 2.58 bits per heavy atom. The van der Waals surface area contributed by atoms with Crippen LogP contribution in [0, 0.1) is 0 Å². The number of carbonyl (C=O) groups excluding carboxylic acids is 1. The number of amides is 1. The van der Waals surface area contributed by atoms with Crippen LogP contribution in [0.15, 0.2) is 18.2 Å². The second kappa shape index (κ2) is 6.23. The number of hydrogen-bond donors (Lipinski definition) is 3. The van der Waals surface area contributed by atoms with Crippen molar-refractivity contribution in [2.45, 2.75) is 19.4 Å². The van der Waals surface area contributed by atoms with Crippen LogP contribution in [0.5, 0.6) is 0 Å². The maximum absolute atomic E-state index is 11.6. The highest BCUT2D eigenvalue weighted by atomic mass is 35.5. The third-order valence-corrected chi connectivity index (χ3v) is 3.21. The van der Waals surface area contributed by atoms with Crippen molar-refractivity contribution < 1.29 is 13.2 Å². The summed E-state index contributed by atoms with van der Waals surface area (Å²) in [5.74, 6) is -0.317. The van der Waals surface area contributed by atoms with E-state index in [9.17, 15) is 13.2 Å². The van der Waals surface area contributed by atoms with Crippen LogP contribution in [0.4, 0.5) is 11.4 Å². The van der Waals surface area contributed by atoms with E-state index in [1.807, 2.05) is 0 Å². The molecule has 4 N–H and O–H groups in total. The maximum atomic E-state index is 11.6. The summed E-state index contributed by atoms with van der Waals surface area (Å²) < 4.78 is 24.4. The number of anilines is 2. The quantitative estimate of drug-likeness (QED) is 0.765. The number of benzene rings is 1. The number of rotatable bonds is 5. The van der Waals surface area contributed by atoms with Crippen LogP contribution in [0.2, 0.25) is 5.02 Å². The van der Waals surface area contributed by atoms with Crippen molar-refractivity contribution in [3.63, 3.8) is 0 Å². The second-order valence-corrected chi connectivity index (χ2v) is 6.23. The third-order valence-electron chi connectivity index (χ3n) is 2.31. The van der Waals surface area contributed by atoms with Crippen molar-refractivity contribution in [3.05, 3.63) is 23.2 Å². The molecule has 1 aromatic carbocycles. The topological polar surface area (TPSA) is 101 Å². The molecule has 0 bridgehead atoms. The lowest BCUT2D eigenvalue weighted by atomic mass is 10.2. The summed E-state index contributed by atoms with van der Waals surface area (Å²) in [6.07, 6.45) is 1.55. The zero-order valence-corrected chi connectivity index (χ0v) is 12.2. The molecule has 0 aliphatic rings. The van der Waals surface area contributed by atoms with Gasteiger partial charge in [0, 0.05) is 5.69 Å². The van der Waals surface area contributed by atoms with E-state index in [2.05, 4.69) is 10.0 Å². The van der Waals surface area contributed by atoms with Crippen LogP contribution in [0.1, 0.15) is 13.3 Å². The van der Waals surface area contributed by atoms with Crippen molar-refractivity contribution in [2.75, 3.05) is 16.3 Å². The molecule has 1 amide bonds. The molecule has 0 fully saturated rings. The van der Waals surface area contributed by atoms with Gasteiger partial charge in [-0.3, -0.25) is 9.52 Å². The molecule has 1 atom stereocenters. The standard InChI is InChI=1S/C11H16ClN3O3S/c1-3-9(13)11(16)14-7-4-5-10(8(12)6-7)15-19(2,17)18/h4-6,9,15H,3,13H2,1-2H3,(H,14,16)/t9-/m0/s1. The Bertz CT molecular complexity index is 575. The van der Waals surface area contributed by atoms with Gasteiger partial charge in [0.2, 0.25) is 15.9 Å². The molecule has 0 heterocycles. The minimum Gasteiger partial charge on any atom is -0.325 e. The van der Waals surface area contributed by atoms with Gasteiger partial charge < -0.3 is 11.1 Å². The predicted octanol–water partition coefficient (Wildman–Crippen LogP) is 1.39. The first kappa shape index (κ1) is 15.7. The number of halogens is 1. The molecule has 0 spiro atoms. The molecule has 0 aliphatic heterocycles. The van der Waals surface area contributed by atoms with E-state index < -0.39 is 16.1 Å². The van der Waals surface area contributed by atoms with Crippen molar-refractivity contribution in [1.29, 1.82) is 0 Å². The van der Waals surface area contributed by atoms with Crippen molar-refractivity contribution in [2.24, 2.45) is 5.73 Å². The first-order valence-electron chi connectivity index (χ1n) is 5.56. The van der Waals surface area contributed by atoms with Gasteiger partial charge in [-0.15, -0.1) is 0 Å². The van der Waals surface area contributed by atoms with E-state index in [1.54, 1.807) is 13.0 Å². The molecule has 19 heavy (non-hydrogen) atoms. The molecular formula is C11H16ClN3O3S. The Kier molecular flexibility index (Phi) is 5.16. The average molecular weight is 306 g/mol. The van der Waals surface area contributed by atoms with E-state index in [1.165, 1.54) is 12.1 Å². The highest BCUT2D eigenvalue weighted by Gasteiger charge is 2.12. The van der Waals surface area contributed by atoms with Crippen LogP contribution < -0.4 is 15.8 Å². The fraction of sp³-hybridized carbons (Fsp3) is 0.364. The SMILES string of the molecule is CC[C@H](N)C(=O)Nc1ccc(NS(C)(=O)=O)c(Cl)c1. The van der Waals surface area contributed by atoms with Gasteiger partial charge in [0.05, 0.1) is 23.0 Å². The summed E-state index contributed by atoms with van der Waals surface area (Å²) in [5.41, 5.74) is 6.29.